The summed E-state index contributed by atoms with van der Waals surface area (Å²) in [6.07, 6.45) is 10.2. The van der Waals surface area contributed by atoms with Gasteiger partial charge in [0.1, 0.15) is 0 Å². The Labute approximate surface area is 94.9 Å². The fraction of sp³-hybridized carbons (Fsp3) is 0.0769. The van der Waals surface area contributed by atoms with Crippen molar-refractivity contribution < 1.29 is 0 Å². The van der Waals surface area contributed by atoms with E-state index in [2.05, 4.69) is 49.0 Å². The molecule has 0 saturated carbocycles. The van der Waals surface area contributed by atoms with Gasteiger partial charge >= 0.3 is 0 Å². The van der Waals surface area contributed by atoms with Crippen molar-refractivity contribution >= 4 is 5.69 Å². The maximum absolute atomic E-state index is 3.26. The number of hydrogen-bond acceptors (Lipinski definition) is 3. The van der Waals surface area contributed by atoms with Gasteiger partial charge in [0.05, 0.1) is 11.4 Å². The van der Waals surface area contributed by atoms with Crippen LogP contribution in [-0.4, -0.2) is 5.01 Å². The van der Waals surface area contributed by atoms with Crippen molar-refractivity contribution in [1.29, 1.82) is 0 Å². The van der Waals surface area contributed by atoms with Crippen molar-refractivity contribution in [3.8, 4) is 0 Å². The summed E-state index contributed by atoms with van der Waals surface area (Å²) in [7, 11) is 0. The monoisotopic (exact) mass is 211 g/mol. The molecule has 0 unspecified atom stereocenters. The van der Waals surface area contributed by atoms with Crippen molar-refractivity contribution in [2.45, 2.75) is 6.92 Å². The maximum atomic E-state index is 3.26. The maximum Gasteiger partial charge on any atom is 0.0767 e. The Morgan fingerprint density at radius 1 is 1.00 bits per heavy atom. The van der Waals surface area contributed by atoms with Crippen LogP contribution in [0.5, 0.6) is 0 Å². The van der Waals surface area contributed by atoms with Crippen LogP contribution in [0.2, 0.25) is 0 Å². The number of nitrogens with one attached hydrogen (secondary N) is 1. The molecule has 1 N–H and O–H groups in total. The van der Waals surface area contributed by atoms with E-state index in [9.17, 15) is 0 Å². The Bertz CT molecular complexity index is 482. The largest absolute Gasteiger partial charge is 0.265 e. The van der Waals surface area contributed by atoms with E-state index in [-0.39, 0.29) is 0 Å². The molecule has 0 fully saturated rings. The molecule has 16 heavy (non-hydrogen) atoms. The molecule has 0 bridgehead atoms. The van der Waals surface area contributed by atoms with Crippen LogP contribution < -0.4 is 10.5 Å². The van der Waals surface area contributed by atoms with Crippen LogP contribution in [0.1, 0.15) is 5.56 Å². The first kappa shape index (κ1) is 9.24. The van der Waals surface area contributed by atoms with E-state index >= 15 is 0 Å². The lowest BCUT2D eigenvalue weighted by Gasteiger charge is -2.21. The van der Waals surface area contributed by atoms with E-state index < -0.39 is 0 Å². The highest BCUT2D eigenvalue weighted by molar-refractivity contribution is 5.52. The summed E-state index contributed by atoms with van der Waals surface area (Å²) in [5.74, 6) is 0. The molecule has 2 aliphatic heterocycles. The average molecular weight is 211 g/mol. The van der Waals surface area contributed by atoms with Crippen molar-refractivity contribution in [2.75, 3.05) is 5.01 Å². The molecule has 0 amide bonds. The van der Waals surface area contributed by atoms with Crippen LogP contribution in [0, 0.1) is 6.92 Å². The molecular formula is C13H13N3. The SMILES string of the molecule is Cc1ccc(N2C=C3C=CC=CN3N2)cc1. The van der Waals surface area contributed by atoms with Gasteiger partial charge in [-0.15, -0.1) is 5.53 Å². The van der Waals surface area contributed by atoms with E-state index in [1.165, 1.54) is 5.56 Å². The zero-order valence-electron chi connectivity index (χ0n) is 9.09. The van der Waals surface area contributed by atoms with Gasteiger partial charge in [-0.2, -0.15) is 0 Å². The van der Waals surface area contributed by atoms with Gasteiger partial charge in [-0.25, -0.2) is 0 Å². The van der Waals surface area contributed by atoms with Crippen molar-refractivity contribution in [3.05, 3.63) is 66.2 Å². The Balaban J connectivity index is 1.88. The van der Waals surface area contributed by atoms with Crippen LogP contribution in [-0.2, 0) is 0 Å². The molecule has 2 heterocycles. The van der Waals surface area contributed by atoms with E-state index in [1.807, 2.05) is 28.4 Å². The smallest absolute Gasteiger partial charge is 0.0767 e. The van der Waals surface area contributed by atoms with Crippen LogP contribution in [0.3, 0.4) is 0 Å². The number of benzene rings is 1. The average Bonchev–Trinajstić information content (AvgIpc) is 2.73. The number of allylic oxidation sites excluding steroid dienone is 3. The van der Waals surface area contributed by atoms with Crippen molar-refractivity contribution in [2.24, 2.45) is 0 Å². The van der Waals surface area contributed by atoms with Crippen LogP contribution in [0.4, 0.5) is 5.69 Å². The predicted molar refractivity (Wildman–Crippen MR) is 65.0 cm³/mol. The third kappa shape index (κ3) is 1.51. The minimum absolute atomic E-state index is 1.13. The Morgan fingerprint density at radius 2 is 1.81 bits per heavy atom. The summed E-state index contributed by atoms with van der Waals surface area (Å²) in [6, 6.07) is 8.42. The first-order chi connectivity index (χ1) is 7.83. The number of rotatable bonds is 1. The molecule has 1 aromatic carbocycles. The first-order valence-corrected chi connectivity index (χ1v) is 5.31. The van der Waals surface area contributed by atoms with Gasteiger partial charge < -0.3 is 0 Å². The Hall–Kier alpha value is -2.00. The predicted octanol–water partition coefficient (Wildman–Crippen LogP) is 2.46. The van der Waals surface area contributed by atoms with Gasteiger partial charge in [0.25, 0.3) is 0 Å². The van der Waals surface area contributed by atoms with E-state index in [0.717, 1.165) is 11.4 Å². The number of aryl methyl sites for hydroxylation is 1. The lowest BCUT2D eigenvalue weighted by molar-refractivity contribution is 0.380. The molecule has 80 valence electrons. The van der Waals surface area contributed by atoms with Crippen LogP contribution in [0.15, 0.2) is 60.6 Å². The number of hydrogen-bond donors (Lipinski definition) is 1. The standard InChI is InChI=1S/C13H13N3/c1-11-5-7-12(8-6-11)16-10-13-4-2-3-9-15(13)14-16/h2-10,14H,1H3. The van der Waals surface area contributed by atoms with E-state index in [1.54, 1.807) is 0 Å². The minimum atomic E-state index is 1.13. The Morgan fingerprint density at radius 3 is 2.56 bits per heavy atom. The van der Waals surface area contributed by atoms with E-state index in [0.29, 0.717) is 0 Å². The van der Waals surface area contributed by atoms with Gasteiger partial charge in [0.15, 0.2) is 0 Å². The molecule has 0 aliphatic carbocycles. The van der Waals surface area contributed by atoms with Crippen LogP contribution >= 0.6 is 0 Å². The highest BCUT2D eigenvalue weighted by Gasteiger charge is 2.18. The topological polar surface area (TPSA) is 18.5 Å². The molecule has 1 aromatic rings. The Kier molecular flexibility index (Phi) is 2.04. The van der Waals surface area contributed by atoms with Gasteiger partial charge in [-0.3, -0.25) is 10.0 Å². The fourth-order valence-electron chi connectivity index (χ4n) is 1.77. The molecule has 3 heteroatoms. The quantitative estimate of drug-likeness (QED) is 0.769. The summed E-state index contributed by atoms with van der Waals surface area (Å²) >= 11 is 0. The molecule has 3 rings (SSSR count). The zero-order valence-corrected chi connectivity index (χ0v) is 9.09. The number of nitrogens with zero attached hydrogens (tertiary/aromatic N) is 2. The third-order valence-corrected chi connectivity index (χ3v) is 2.68. The van der Waals surface area contributed by atoms with E-state index in [4.69, 9.17) is 0 Å². The van der Waals surface area contributed by atoms with Gasteiger partial charge in [0, 0.05) is 12.4 Å². The van der Waals surface area contributed by atoms with Crippen LogP contribution in [0.25, 0.3) is 0 Å². The second kappa shape index (κ2) is 3.54. The minimum Gasteiger partial charge on any atom is -0.265 e. The molecule has 0 aromatic heterocycles. The summed E-state index contributed by atoms with van der Waals surface area (Å²) < 4.78 is 0. The molecule has 2 aliphatic rings. The molecule has 3 nitrogen and oxygen atoms in total. The van der Waals surface area contributed by atoms with Gasteiger partial charge in [-0.05, 0) is 31.2 Å². The molecule has 0 saturated heterocycles. The fourth-order valence-corrected chi connectivity index (χ4v) is 1.77. The lowest BCUT2D eigenvalue weighted by Crippen LogP contribution is -2.37. The molecule has 0 spiro atoms. The molecule has 0 radical (unpaired) electrons. The van der Waals surface area contributed by atoms with Gasteiger partial charge in [-0.1, -0.05) is 23.8 Å². The summed E-state index contributed by atoms with van der Waals surface area (Å²) in [4.78, 5) is 0. The highest BCUT2D eigenvalue weighted by atomic mass is 15.8. The zero-order chi connectivity index (χ0) is 11.0. The number of anilines is 1. The highest BCUT2D eigenvalue weighted by Crippen LogP contribution is 2.22. The number of hydrazine groups is 2. The second-order valence-electron chi connectivity index (χ2n) is 3.93. The van der Waals surface area contributed by atoms with Gasteiger partial charge in [0.2, 0.25) is 0 Å². The third-order valence-electron chi connectivity index (χ3n) is 2.68. The summed E-state index contributed by atoms with van der Waals surface area (Å²) in [5.41, 5.74) is 6.81. The lowest BCUT2D eigenvalue weighted by atomic mass is 10.2. The van der Waals surface area contributed by atoms with Crippen molar-refractivity contribution in [3.63, 3.8) is 0 Å². The molecular weight excluding hydrogens is 198 g/mol. The molecule has 0 atom stereocenters. The summed E-state index contributed by atoms with van der Waals surface area (Å²) in [6.45, 7) is 2.09. The van der Waals surface area contributed by atoms with Crippen molar-refractivity contribution in [1.82, 2.24) is 10.5 Å². The first-order valence-electron chi connectivity index (χ1n) is 5.31. The summed E-state index contributed by atoms with van der Waals surface area (Å²) in [5, 5.41) is 3.99. The normalized spacial score (nSPS) is 17.7. The second-order valence-corrected chi connectivity index (χ2v) is 3.93. The number of fused-ring (bicyclic) bond motifs is 1.